The summed E-state index contributed by atoms with van der Waals surface area (Å²) in [5.74, 6) is -0.140. The van der Waals surface area contributed by atoms with Crippen LogP contribution in [0.4, 0.5) is 17.1 Å². The van der Waals surface area contributed by atoms with E-state index in [9.17, 15) is 10.1 Å². The van der Waals surface area contributed by atoms with Crippen molar-refractivity contribution >= 4 is 33.9 Å². The van der Waals surface area contributed by atoms with E-state index in [1.54, 1.807) is 12.4 Å². The number of carbonyl (C=O) groups is 1. The van der Waals surface area contributed by atoms with Gasteiger partial charge in [0.25, 0.3) is 0 Å². The van der Waals surface area contributed by atoms with Crippen molar-refractivity contribution in [3.63, 3.8) is 0 Å². The van der Waals surface area contributed by atoms with Crippen molar-refractivity contribution in [2.75, 3.05) is 10.6 Å². The van der Waals surface area contributed by atoms with Crippen LogP contribution in [0.2, 0.25) is 0 Å². The largest absolute Gasteiger partial charge is 0.361 e. The molecule has 0 saturated heterocycles. The van der Waals surface area contributed by atoms with Gasteiger partial charge in [-0.05, 0) is 42.0 Å². The predicted octanol–water partition coefficient (Wildman–Crippen LogP) is 4.80. The van der Waals surface area contributed by atoms with Crippen LogP contribution in [0.25, 0.3) is 22.0 Å². The topological polar surface area (TPSA) is 93.6 Å². The minimum Gasteiger partial charge on any atom is -0.361 e. The van der Waals surface area contributed by atoms with E-state index in [1.807, 2.05) is 54.7 Å². The summed E-state index contributed by atoms with van der Waals surface area (Å²) in [6, 6.07) is 17.6. The van der Waals surface area contributed by atoms with Crippen molar-refractivity contribution in [1.82, 2.24) is 9.97 Å². The van der Waals surface area contributed by atoms with E-state index in [2.05, 4.69) is 26.7 Å². The van der Waals surface area contributed by atoms with Gasteiger partial charge in [0.1, 0.15) is 6.07 Å². The van der Waals surface area contributed by atoms with Gasteiger partial charge in [-0.25, -0.2) is 0 Å². The van der Waals surface area contributed by atoms with Crippen molar-refractivity contribution in [2.45, 2.75) is 6.92 Å². The monoisotopic (exact) mass is 367 g/mol. The molecule has 4 aromatic rings. The lowest BCUT2D eigenvalue weighted by molar-refractivity contribution is -0.114. The molecule has 0 unspecified atom stereocenters. The predicted molar refractivity (Wildman–Crippen MR) is 110 cm³/mol. The molecular formula is C22H17N5O. The number of benzene rings is 2. The summed E-state index contributed by atoms with van der Waals surface area (Å²) in [4.78, 5) is 18.8. The Labute approximate surface area is 161 Å². The van der Waals surface area contributed by atoms with Crippen LogP contribution in [0, 0.1) is 11.3 Å². The standard InChI is InChI=1S/C22H17N5O/c1-14(28)26-18-4-2-3-15(9-18)20-13-24-12-17(11-23)22(20)27-19-5-6-21-16(10-19)7-8-25-21/h2-10,12-13,25H,1H3,(H,24,27)(H,26,28). The number of hydrogen-bond donors (Lipinski definition) is 3. The summed E-state index contributed by atoms with van der Waals surface area (Å²) in [5.41, 5.74) is 5.34. The maximum Gasteiger partial charge on any atom is 0.221 e. The number of anilines is 3. The lowest BCUT2D eigenvalue weighted by atomic mass is 10.0. The summed E-state index contributed by atoms with van der Waals surface area (Å²) in [6.45, 7) is 1.47. The average molecular weight is 367 g/mol. The van der Waals surface area contributed by atoms with Crippen LogP contribution in [0.5, 0.6) is 0 Å². The Kier molecular flexibility index (Phi) is 4.48. The van der Waals surface area contributed by atoms with Crippen molar-refractivity contribution in [2.24, 2.45) is 0 Å². The van der Waals surface area contributed by atoms with Crippen LogP contribution < -0.4 is 10.6 Å². The highest BCUT2D eigenvalue weighted by Crippen LogP contribution is 2.34. The maximum absolute atomic E-state index is 11.4. The van der Waals surface area contributed by atoms with E-state index in [4.69, 9.17) is 0 Å². The van der Waals surface area contributed by atoms with Crippen LogP contribution >= 0.6 is 0 Å². The molecule has 6 nitrogen and oxygen atoms in total. The summed E-state index contributed by atoms with van der Waals surface area (Å²) in [6.07, 6.45) is 5.14. The zero-order valence-corrected chi connectivity index (χ0v) is 15.2. The third-order valence-corrected chi connectivity index (χ3v) is 4.38. The molecule has 2 aromatic carbocycles. The second-order valence-corrected chi connectivity index (χ2v) is 6.39. The molecule has 0 aliphatic rings. The van der Waals surface area contributed by atoms with E-state index in [0.717, 1.165) is 27.7 Å². The molecular weight excluding hydrogens is 350 g/mol. The molecule has 2 aromatic heterocycles. The summed E-state index contributed by atoms with van der Waals surface area (Å²) in [7, 11) is 0. The first-order chi connectivity index (χ1) is 13.6. The van der Waals surface area contributed by atoms with Gasteiger partial charge in [-0.15, -0.1) is 0 Å². The molecule has 0 aliphatic carbocycles. The van der Waals surface area contributed by atoms with Crippen molar-refractivity contribution < 1.29 is 4.79 Å². The van der Waals surface area contributed by atoms with Gasteiger partial charge in [-0.1, -0.05) is 12.1 Å². The van der Waals surface area contributed by atoms with Crippen LogP contribution in [-0.2, 0) is 4.79 Å². The molecule has 136 valence electrons. The molecule has 0 fully saturated rings. The number of amides is 1. The highest BCUT2D eigenvalue weighted by Gasteiger charge is 2.13. The van der Waals surface area contributed by atoms with E-state index >= 15 is 0 Å². The van der Waals surface area contributed by atoms with Gasteiger partial charge < -0.3 is 15.6 Å². The molecule has 0 aliphatic heterocycles. The number of aromatic amines is 1. The Morgan fingerprint density at radius 3 is 2.82 bits per heavy atom. The van der Waals surface area contributed by atoms with Crippen LogP contribution in [0.3, 0.4) is 0 Å². The number of rotatable bonds is 4. The summed E-state index contributed by atoms with van der Waals surface area (Å²) >= 11 is 0. The first kappa shape index (κ1) is 17.3. The molecule has 0 spiro atoms. The second-order valence-electron chi connectivity index (χ2n) is 6.39. The minimum atomic E-state index is -0.140. The number of fused-ring (bicyclic) bond motifs is 1. The number of carbonyl (C=O) groups excluding carboxylic acids is 1. The fraction of sp³-hybridized carbons (Fsp3) is 0.0455. The van der Waals surface area contributed by atoms with E-state index < -0.39 is 0 Å². The molecule has 0 saturated carbocycles. The van der Waals surface area contributed by atoms with Crippen molar-refractivity contribution in [1.29, 1.82) is 5.26 Å². The van der Waals surface area contributed by atoms with Crippen LogP contribution in [0.1, 0.15) is 12.5 Å². The smallest absolute Gasteiger partial charge is 0.221 e. The minimum absolute atomic E-state index is 0.140. The number of hydrogen-bond acceptors (Lipinski definition) is 4. The Morgan fingerprint density at radius 1 is 1.11 bits per heavy atom. The second kappa shape index (κ2) is 7.25. The van der Waals surface area contributed by atoms with Crippen LogP contribution in [0.15, 0.2) is 67.1 Å². The van der Waals surface area contributed by atoms with Gasteiger partial charge in [0.15, 0.2) is 0 Å². The highest BCUT2D eigenvalue weighted by molar-refractivity contribution is 5.92. The number of H-pyrrole nitrogens is 1. The zero-order chi connectivity index (χ0) is 19.5. The molecule has 4 rings (SSSR count). The van der Waals surface area contributed by atoms with Gasteiger partial charge in [0, 0.05) is 53.4 Å². The molecule has 28 heavy (non-hydrogen) atoms. The number of nitriles is 1. The zero-order valence-electron chi connectivity index (χ0n) is 15.2. The molecule has 2 heterocycles. The van der Waals surface area contributed by atoms with Gasteiger partial charge >= 0.3 is 0 Å². The van der Waals surface area contributed by atoms with Gasteiger partial charge in [-0.3, -0.25) is 9.78 Å². The summed E-state index contributed by atoms with van der Waals surface area (Å²) < 4.78 is 0. The van der Waals surface area contributed by atoms with E-state index in [0.29, 0.717) is 16.9 Å². The number of aromatic nitrogens is 2. The van der Waals surface area contributed by atoms with Gasteiger partial charge in [0.05, 0.1) is 11.3 Å². The lowest BCUT2D eigenvalue weighted by Gasteiger charge is -2.14. The number of pyridine rings is 1. The summed E-state index contributed by atoms with van der Waals surface area (Å²) in [5, 5.41) is 16.8. The quantitative estimate of drug-likeness (QED) is 0.483. The Hall–Kier alpha value is -4.11. The average Bonchev–Trinajstić information content (AvgIpc) is 3.15. The van der Waals surface area contributed by atoms with Crippen molar-refractivity contribution in [3.8, 4) is 17.2 Å². The van der Waals surface area contributed by atoms with Gasteiger partial charge in [-0.2, -0.15) is 5.26 Å². The normalized spacial score (nSPS) is 10.4. The SMILES string of the molecule is CC(=O)Nc1cccc(-c2cncc(C#N)c2Nc2ccc3[nH]ccc3c2)c1. The third kappa shape index (κ3) is 3.41. The Morgan fingerprint density at radius 2 is 2.00 bits per heavy atom. The fourth-order valence-electron chi connectivity index (χ4n) is 3.14. The van der Waals surface area contributed by atoms with E-state index in [1.165, 1.54) is 6.92 Å². The number of nitrogens with zero attached hydrogens (tertiary/aromatic N) is 2. The highest BCUT2D eigenvalue weighted by atomic mass is 16.1. The van der Waals surface area contributed by atoms with Gasteiger partial charge in [0.2, 0.25) is 5.91 Å². The Bertz CT molecular complexity index is 1220. The first-order valence-electron chi connectivity index (χ1n) is 8.74. The molecule has 1 amide bonds. The van der Waals surface area contributed by atoms with Crippen molar-refractivity contribution in [3.05, 3.63) is 72.7 Å². The molecule has 0 radical (unpaired) electrons. The lowest BCUT2D eigenvalue weighted by Crippen LogP contribution is -2.05. The van der Waals surface area contributed by atoms with E-state index in [-0.39, 0.29) is 5.91 Å². The fourth-order valence-corrected chi connectivity index (χ4v) is 3.14. The molecule has 0 bridgehead atoms. The maximum atomic E-state index is 11.4. The Balaban J connectivity index is 1.79. The molecule has 6 heteroatoms. The first-order valence-corrected chi connectivity index (χ1v) is 8.74. The van der Waals surface area contributed by atoms with Crippen LogP contribution in [-0.4, -0.2) is 15.9 Å². The molecule has 3 N–H and O–H groups in total. The number of nitrogens with one attached hydrogen (secondary N) is 3. The third-order valence-electron chi connectivity index (χ3n) is 4.38. The molecule has 0 atom stereocenters.